The fourth-order valence-corrected chi connectivity index (χ4v) is 3.27. The van der Waals surface area contributed by atoms with Crippen LogP contribution in [-0.2, 0) is 11.2 Å². The fourth-order valence-electron chi connectivity index (χ4n) is 3.27. The quantitative estimate of drug-likeness (QED) is 0.502. The Bertz CT molecular complexity index is 982. The summed E-state index contributed by atoms with van der Waals surface area (Å²) in [6, 6.07) is 10.9. The summed E-state index contributed by atoms with van der Waals surface area (Å²) in [6.45, 7) is 6.08. The van der Waals surface area contributed by atoms with Gasteiger partial charge < -0.3 is 10.1 Å². The summed E-state index contributed by atoms with van der Waals surface area (Å²) in [5, 5.41) is 8.14. The molecule has 3 aromatic rings. The molecule has 6 heteroatoms. The molecule has 0 radical (unpaired) electrons. The molecule has 4 rings (SSSR count). The lowest BCUT2D eigenvalue weighted by Crippen LogP contribution is -2.30. The molecule has 1 N–H and O–H groups in total. The molecule has 1 aromatic heterocycles. The summed E-state index contributed by atoms with van der Waals surface area (Å²) in [4.78, 5) is 10.4. The van der Waals surface area contributed by atoms with Gasteiger partial charge in [-0.15, -0.1) is 0 Å². The lowest BCUT2D eigenvalue weighted by Gasteiger charge is -2.12. The van der Waals surface area contributed by atoms with Crippen molar-refractivity contribution in [2.75, 3.05) is 6.61 Å². The zero-order valence-corrected chi connectivity index (χ0v) is 17.9. The molecule has 0 bridgehead atoms. The number of fused-ring (bicyclic) bond motifs is 1. The number of carbonyl (C=O) groups excluding carboxylic acids is 1. The third-order valence-corrected chi connectivity index (χ3v) is 5.13. The zero-order valence-electron chi connectivity index (χ0n) is 17.9. The summed E-state index contributed by atoms with van der Waals surface area (Å²) in [5.41, 5.74) is 2.54. The van der Waals surface area contributed by atoms with Crippen molar-refractivity contribution < 1.29 is 13.9 Å². The molecule has 1 heterocycles. The summed E-state index contributed by atoms with van der Waals surface area (Å²) in [7, 11) is 0. The molecular formula is C24H30FN3O2. The summed E-state index contributed by atoms with van der Waals surface area (Å²) < 4.78 is 21.7. The highest BCUT2D eigenvalue weighted by atomic mass is 19.1. The molecule has 0 unspecified atom stereocenters. The van der Waals surface area contributed by atoms with E-state index in [2.05, 4.69) is 28.6 Å². The zero-order chi connectivity index (χ0) is 21.5. The molecule has 1 amide bonds. The lowest BCUT2D eigenvalue weighted by molar-refractivity contribution is -0.110. The number of rotatable bonds is 9. The summed E-state index contributed by atoms with van der Waals surface area (Å²) >= 11 is 0. The maximum absolute atomic E-state index is 14.6. The van der Waals surface area contributed by atoms with Gasteiger partial charge in [-0.05, 0) is 49.4 Å². The Kier molecular flexibility index (Phi) is 7.44. The first-order valence-electron chi connectivity index (χ1n) is 10.7. The van der Waals surface area contributed by atoms with E-state index in [0.29, 0.717) is 17.8 Å². The van der Waals surface area contributed by atoms with E-state index in [9.17, 15) is 9.18 Å². The number of nitrogens with zero attached hydrogens (tertiary/aromatic N) is 2. The molecule has 1 saturated carbocycles. The van der Waals surface area contributed by atoms with Gasteiger partial charge in [0.05, 0.1) is 11.6 Å². The fraction of sp³-hybridized carbons (Fsp3) is 0.417. The minimum Gasteiger partial charge on any atom is -0.491 e. The van der Waals surface area contributed by atoms with E-state index >= 15 is 0 Å². The number of aryl methyl sites for hydroxylation is 1. The first-order valence-corrected chi connectivity index (χ1v) is 10.7. The number of ether oxygens (including phenoxy) is 1. The Morgan fingerprint density at radius 1 is 1.27 bits per heavy atom. The second kappa shape index (κ2) is 10.2. The van der Waals surface area contributed by atoms with E-state index in [1.807, 2.05) is 27.0 Å². The molecule has 1 fully saturated rings. The first kappa shape index (κ1) is 21.8. The molecular weight excluding hydrogens is 381 g/mol. The van der Waals surface area contributed by atoms with Gasteiger partial charge in [0, 0.05) is 17.6 Å². The number of aromatic nitrogens is 2. The predicted molar refractivity (Wildman–Crippen MR) is 118 cm³/mol. The number of nitrogens with one attached hydrogen (secondary N) is 1. The Morgan fingerprint density at radius 2 is 2.07 bits per heavy atom. The molecule has 2 aromatic carbocycles. The van der Waals surface area contributed by atoms with Crippen molar-refractivity contribution in [2.45, 2.75) is 52.5 Å². The van der Waals surface area contributed by atoms with Crippen LogP contribution in [-0.4, -0.2) is 28.8 Å². The Hall–Kier alpha value is -2.89. The van der Waals surface area contributed by atoms with E-state index in [0.717, 1.165) is 23.2 Å². The van der Waals surface area contributed by atoms with Crippen LogP contribution in [0.2, 0.25) is 0 Å². The van der Waals surface area contributed by atoms with Gasteiger partial charge in [-0.2, -0.15) is 5.10 Å². The van der Waals surface area contributed by atoms with Crippen molar-refractivity contribution in [1.82, 2.24) is 15.1 Å². The van der Waals surface area contributed by atoms with E-state index in [1.54, 1.807) is 16.8 Å². The second-order valence-electron chi connectivity index (χ2n) is 7.56. The van der Waals surface area contributed by atoms with Crippen molar-refractivity contribution in [1.29, 1.82) is 0 Å². The number of benzene rings is 2. The molecule has 1 aliphatic carbocycles. The van der Waals surface area contributed by atoms with Crippen molar-refractivity contribution in [3.8, 4) is 11.4 Å². The monoisotopic (exact) mass is 411 g/mol. The topological polar surface area (TPSA) is 56.1 Å². The van der Waals surface area contributed by atoms with Crippen LogP contribution in [0.5, 0.6) is 5.75 Å². The highest BCUT2D eigenvalue weighted by Gasteiger charge is 2.20. The number of hydrogen-bond acceptors (Lipinski definition) is 3. The SMILES string of the molecule is CC.C[C@@H](COc1ccc(-n2cc3ccc(CCC4CC4)cc3n2)c(F)c1)NC=O. The van der Waals surface area contributed by atoms with Crippen molar-refractivity contribution in [3.05, 3.63) is 54.0 Å². The van der Waals surface area contributed by atoms with Crippen LogP contribution in [0.3, 0.4) is 0 Å². The van der Waals surface area contributed by atoms with E-state index in [-0.39, 0.29) is 12.6 Å². The first-order chi connectivity index (χ1) is 14.6. The van der Waals surface area contributed by atoms with Gasteiger partial charge in [0.25, 0.3) is 0 Å². The van der Waals surface area contributed by atoms with Crippen LogP contribution >= 0.6 is 0 Å². The normalized spacial score (nSPS) is 14.0. The molecule has 160 valence electrons. The van der Waals surface area contributed by atoms with Crippen molar-refractivity contribution in [2.24, 2.45) is 5.92 Å². The van der Waals surface area contributed by atoms with Gasteiger partial charge in [0.2, 0.25) is 6.41 Å². The number of carbonyl (C=O) groups is 1. The molecule has 1 aliphatic rings. The van der Waals surface area contributed by atoms with Crippen molar-refractivity contribution in [3.63, 3.8) is 0 Å². The van der Waals surface area contributed by atoms with E-state index in [1.165, 1.54) is 30.9 Å². The number of halogens is 1. The Morgan fingerprint density at radius 3 is 2.77 bits per heavy atom. The maximum Gasteiger partial charge on any atom is 0.207 e. The average Bonchev–Trinajstić information content (AvgIpc) is 3.49. The van der Waals surface area contributed by atoms with E-state index < -0.39 is 5.82 Å². The van der Waals surface area contributed by atoms with Gasteiger partial charge in [0.1, 0.15) is 18.0 Å². The molecule has 1 atom stereocenters. The number of amides is 1. The van der Waals surface area contributed by atoms with Crippen LogP contribution in [0.25, 0.3) is 16.6 Å². The molecule has 30 heavy (non-hydrogen) atoms. The molecule has 0 spiro atoms. The minimum absolute atomic E-state index is 0.147. The smallest absolute Gasteiger partial charge is 0.207 e. The highest BCUT2D eigenvalue weighted by Crippen LogP contribution is 2.33. The van der Waals surface area contributed by atoms with Crippen molar-refractivity contribution >= 4 is 17.3 Å². The molecule has 0 aliphatic heterocycles. The predicted octanol–water partition coefficient (Wildman–Crippen LogP) is 5.05. The van der Waals surface area contributed by atoms with Gasteiger partial charge in [-0.25, -0.2) is 9.07 Å². The van der Waals surface area contributed by atoms with Gasteiger partial charge in [-0.3, -0.25) is 4.79 Å². The molecule has 0 saturated heterocycles. The standard InChI is InChI=1S/C22H24FN3O2.C2H6/c1-15(24-14-27)13-28-19-8-9-22(20(23)11-19)26-12-18-7-6-17(10-21(18)25-26)5-4-16-2-3-16;1-2/h6-12,14-16H,2-5,13H2,1H3,(H,24,27);1-2H3/t15-;/m0./s1. The maximum atomic E-state index is 14.6. The minimum atomic E-state index is -0.407. The average molecular weight is 412 g/mol. The lowest BCUT2D eigenvalue weighted by atomic mass is 10.1. The van der Waals surface area contributed by atoms with Gasteiger partial charge in [-0.1, -0.05) is 38.8 Å². The van der Waals surface area contributed by atoms with Gasteiger partial charge >= 0.3 is 0 Å². The summed E-state index contributed by atoms with van der Waals surface area (Å²) in [5.74, 6) is 0.912. The van der Waals surface area contributed by atoms with Crippen LogP contribution in [0, 0.1) is 11.7 Å². The van der Waals surface area contributed by atoms with Crippen LogP contribution < -0.4 is 10.1 Å². The van der Waals surface area contributed by atoms with Crippen LogP contribution in [0.15, 0.2) is 42.6 Å². The third-order valence-electron chi connectivity index (χ3n) is 5.13. The second-order valence-corrected chi connectivity index (χ2v) is 7.56. The van der Waals surface area contributed by atoms with Crippen LogP contribution in [0.1, 0.15) is 45.6 Å². The summed E-state index contributed by atoms with van der Waals surface area (Å²) in [6.07, 6.45) is 7.51. The Balaban J connectivity index is 0.00000124. The number of hydrogen-bond donors (Lipinski definition) is 1. The third kappa shape index (κ3) is 5.59. The van der Waals surface area contributed by atoms with Crippen LogP contribution in [0.4, 0.5) is 4.39 Å². The highest BCUT2D eigenvalue weighted by molar-refractivity contribution is 5.79. The Labute approximate surface area is 177 Å². The van der Waals surface area contributed by atoms with E-state index in [4.69, 9.17) is 4.74 Å². The van der Waals surface area contributed by atoms with Gasteiger partial charge in [0.15, 0.2) is 5.82 Å². The molecule has 5 nitrogen and oxygen atoms in total. The largest absolute Gasteiger partial charge is 0.491 e.